The van der Waals surface area contributed by atoms with Gasteiger partial charge >= 0.3 is 0 Å². The molecule has 1 aliphatic heterocycles. The van der Waals surface area contributed by atoms with Crippen LogP contribution in [0, 0.1) is 17.7 Å². The fraction of sp³-hybridized carbons (Fsp3) is 0.636. The van der Waals surface area contributed by atoms with Crippen molar-refractivity contribution in [3.05, 3.63) is 34.6 Å². The molecule has 0 radical (unpaired) electrons. The van der Waals surface area contributed by atoms with Crippen LogP contribution in [0.15, 0.2) is 18.2 Å². The first kappa shape index (κ1) is 22.8. The van der Waals surface area contributed by atoms with Crippen LogP contribution in [-0.4, -0.2) is 54.7 Å². The van der Waals surface area contributed by atoms with Crippen LogP contribution in [0.25, 0.3) is 0 Å². The molecule has 2 rings (SSSR count). The summed E-state index contributed by atoms with van der Waals surface area (Å²) in [5.41, 5.74) is 0.577. The lowest BCUT2D eigenvalue weighted by molar-refractivity contribution is -0.138. The Kier molecular flexibility index (Phi) is 8.90. The minimum Gasteiger partial charge on any atom is -0.340 e. The van der Waals surface area contributed by atoms with E-state index in [9.17, 15) is 14.0 Å². The minimum absolute atomic E-state index is 0.104. The molecule has 1 aromatic rings. The highest BCUT2D eigenvalue weighted by Gasteiger charge is 2.35. The van der Waals surface area contributed by atoms with E-state index in [1.54, 1.807) is 12.1 Å². The van der Waals surface area contributed by atoms with E-state index in [4.69, 9.17) is 11.6 Å². The molecule has 1 aliphatic rings. The molecule has 0 N–H and O–H groups in total. The van der Waals surface area contributed by atoms with Crippen LogP contribution in [0.1, 0.15) is 51.5 Å². The van der Waals surface area contributed by atoms with E-state index < -0.39 is 0 Å². The second-order valence-corrected chi connectivity index (χ2v) is 8.27. The summed E-state index contributed by atoms with van der Waals surface area (Å²) in [7, 11) is 0. The minimum atomic E-state index is -0.336. The van der Waals surface area contributed by atoms with Crippen molar-refractivity contribution >= 4 is 23.8 Å². The fourth-order valence-corrected chi connectivity index (χ4v) is 4.21. The van der Waals surface area contributed by atoms with Crippen molar-refractivity contribution in [1.82, 2.24) is 9.80 Å². The molecule has 0 spiro atoms. The summed E-state index contributed by atoms with van der Waals surface area (Å²) in [5, 5.41) is 0.368. The van der Waals surface area contributed by atoms with Crippen LogP contribution in [0.2, 0.25) is 5.02 Å². The first-order valence-electron chi connectivity index (χ1n) is 10.3. The Morgan fingerprint density at radius 3 is 2.43 bits per heavy atom. The number of amides is 1. The van der Waals surface area contributed by atoms with Crippen LogP contribution < -0.4 is 0 Å². The zero-order valence-corrected chi connectivity index (χ0v) is 17.9. The molecule has 156 valence electrons. The number of hydrogen-bond acceptors (Lipinski definition) is 3. The van der Waals surface area contributed by atoms with Crippen molar-refractivity contribution in [2.24, 2.45) is 11.8 Å². The molecule has 4 nitrogen and oxygen atoms in total. The summed E-state index contributed by atoms with van der Waals surface area (Å²) in [6, 6.07) is 4.76. The third-order valence-corrected chi connectivity index (χ3v) is 6.21. The third-order valence-electron chi connectivity index (χ3n) is 5.97. The Labute approximate surface area is 173 Å². The first-order chi connectivity index (χ1) is 13.4. The number of rotatable bonds is 9. The maximum absolute atomic E-state index is 14.7. The van der Waals surface area contributed by atoms with Crippen molar-refractivity contribution < 1.29 is 14.0 Å². The molecule has 2 unspecified atom stereocenters. The van der Waals surface area contributed by atoms with E-state index >= 15 is 0 Å². The smallest absolute Gasteiger partial charge is 0.226 e. The van der Waals surface area contributed by atoms with Crippen molar-refractivity contribution in [3.8, 4) is 0 Å². The normalized spacial score (nSPS) is 18.5. The largest absolute Gasteiger partial charge is 0.340 e. The molecule has 1 heterocycles. The average molecular weight is 411 g/mol. The van der Waals surface area contributed by atoms with Crippen LogP contribution in [0.5, 0.6) is 0 Å². The van der Waals surface area contributed by atoms with Gasteiger partial charge in [0.25, 0.3) is 0 Å². The number of carbonyl (C=O) groups excluding carboxylic acids is 2. The van der Waals surface area contributed by atoms with Crippen molar-refractivity contribution in [3.63, 3.8) is 0 Å². The Bertz CT molecular complexity index is 662. The highest BCUT2D eigenvalue weighted by Crippen LogP contribution is 2.36. The lowest BCUT2D eigenvalue weighted by Gasteiger charge is -2.38. The zero-order valence-electron chi connectivity index (χ0n) is 17.2. The molecule has 1 aromatic carbocycles. The van der Waals surface area contributed by atoms with E-state index in [1.165, 1.54) is 6.07 Å². The predicted octanol–water partition coefficient (Wildman–Crippen LogP) is 4.37. The Morgan fingerprint density at radius 1 is 1.21 bits per heavy atom. The second-order valence-electron chi connectivity index (χ2n) is 7.83. The van der Waals surface area contributed by atoms with Gasteiger partial charge in [-0.1, -0.05) is 44.9 Å². The molecule has 3 atom stereocenters. The van der Waals surface area contributed by atoms with Gasteiger partial charge in [-0.05, 0) is 42.4 Å². The van der Waals surface area contributed by atoms with Gasteiger partial charge in [0.2, 0.25) is 5.91 Å². The summed E-state index contributed by atoms with van der Waals surface area (Å²) < 4.78 is 14.7. The van der Waals surface area contributed by atoms with Crippen LogP contribution in [-0.2, 0) is 9.59 Å². The van der Waals surface area contributed by atoms with E-state index in [0.29, 0.717) is 55.6 Å². The lowest BCUT2D eigenvalue weighted by atomic mass is 9.77. The molecule has 0 saturated carbocycles. The highest BCUT2D eigenvalue weighted by atomic mass is 35.5. The average Bonchev–Trinajstić information content (AvgIpc) is 2.69. The van der Waals surface area contributed by atoms with Crippen molar-refractivity contribution in [2.45, 2.75) is 46.0 Å². The van der Waals surface area contributed by atoms with Gasteiger partial charge in [-0.15, -0.1) is 0 Å². The molecular formula is C22H32ClFN2O2. The number of benzene rings is 1. The Morgan fingerprint density at radius 2 is 1.89 bits per heavy atom. The van der Waals surface area contributed by atoms with Gasteiger partial charge in [-0.25, -0.2) is 4.39 Å². The standard InChI is InChI=1S/C22H32ClFN2O2/c1-4-16(3)14-20(18(5-2)19-7-6-17(23)15-21(19)24)22(28)26-10-8-25(9-11-26)12-13-27/h6-7,13,15-16,18,20H,4-5,8-12,14H2,1-3H3/t16?,18-,20?/m0/s1. The summed E-state index contributed by atoms with van der Waals surface area (Å²) in [6.45, 7) is 9.32. The highest BCUT2D eigenvalue weighted by molar-refractivity contribution is 6.30. The van der Waals surface area contributed by atoms with Crippen molar-refractivity contribution in [1.29, 1.82) is 0 Å². The second kappa shape index (κ2) is 10.9. The fourth-order valence-electron chi connectivity index (χ4n) is 4.05. The number of carbonyl (C=O) groups is 2. The van der Waals surface area contributed by atoms with Gasteiger partial charge in [0, 0.05) is 37.1 Å². The number of hydrogen-bond donors (Lipinski definition) is 0. The zero-order chi connectivity index (χ0) is 20.7. The van der Waals surface area contributed by atoms with Gasteiger partial charge in [-0.2, -0.15) is 0 Å². The number of nitrogens with zero attached hydrogens (tertiary/aromatic N) is 2. The van der Waals surface area contributed by atoms with Crippen LogP contribution >= 0.6 is 11.6 Å². The molecule has 0 bridgehead atoms. The molecular weight excluding hydrogens is 379 g/mol. The monoisotopic (exact) mass is 410 g/mol. The van der Waals surface area contributed by atoms with E-state index in [-0.39, 0.29) is 23.6 Å². The molecule has 0 aliphatic carbocycles. The summed E-state index contributed by atoms with van der Waals surface area (Å²) in [4.78, 5) is 28.1. The number of halogens is 2. The third kappa shape index (κ3) is 5.77. The first-order valence-corrected chi connectivity index (χ1v) is 10.7. The topological polar surface area (TPSA) is 40.6 Å². The summed E-state index contributed by atoms with van der Waals surface area (Å²) in [6.07, 6.45) is 3.32. The molecule has 1 amide bonds. The maximum atomic E-state index is 14.7. The summed E-state index contributed by atoms with van der Waals surface area (Å²) >= 11 is 5.93. The van der Waals surface area contributed by atoms with E-state index in [2.05, 4.69) is 18.7 Å². The van der Waals surface area contributed by atoms with E-state index in [1.807, 2.05) is 11.8 Å². The van der Waals surface area contributed by atoms with Gasteiger partial charge in [0.1, 0.15) is 12.1 Å². The Balaban J connectivity index is 2.24. The van der Waals surface area contributed by atoms with Gasteiger partial charge in [0.05, 0.1) is 6.54 Å². The van der Waals surface area contributed by atoms with Gasteiger partial charge in [0.15, 0.2) is 0 Å². The maximum Gasteiger partial charge on any atom is 0.226 e. The van der Waals surface area contributed by atoms with Gasteiger partial charge in [-0.3, -0.25) is 9.69 Å². The summed E-state index contributed by atoms with van der Waals surface area (Å²) in [5.74, 6) is -0.279. The van der Waals surface area contributed by atoms with Crippen molar-refractivity contribution in [2.75, 3.05) is 32.7 Å². The molecule has 1 fully saturated rings. The molecule has 28 heavy (non-hydrogen) atoms. The molecule has 0 aromatic heterocycles. The molecule has 1 saturated heterocycles. The van der Waals surface area contributed by atoms with E-state index in [0.717, 1.165) is 19.1 Å². The van der Waals surface area contributed by atoms with Gasteiger partial charge < -0.3 is 9.69 Å². The Hall–Kier alpha value is -1.46. The van der Waals surface area contributed by atoms with Crippen LogP contribution in [0.4, 0.5) is 4.39 Å². The van der Waals surface area contributed by atoms with Crippen LogP contribution in [0.3, 0.4) is 0 Å². The SMILES string of the molecule is CCC(C)CC(C(=O)N1CCN(CC=O)CC1)[C@@H](CC)c1ccc(Cl)cc1F. The predicted molar refractivity (Wildman–Crippen MR) is 111 cm³/mol. The number of piperazine rings is 1. The quantitative estimate of drug-likeness (QED) is 0.567. The molecule has 6 heteroatoms. The lowest BCUT2D eigenvalue weighted by Crippen LogP contribution is -2.51. The number of aldehydes is 1.